The molecule has 2 aromatic rings. The SMILES string of the molecule is COc1ccc(C=O)cc1OCc1ncnn1C. The van der Waals surface area contributed by atoms with Crippen LogP contribution in [0.25, 0.3) is 0 Å². The summed E-state index contributed by atoms with van der Waals surface area (Å²) in [5.41, 5.74) is 0.531. The molecule has 0 atom stereocenters. The van der Waals surface area contributed by atoms with Crippen LogP contribution in [-0.4, -0.2) is 28.2 Å². The minimum atomic E-state index is 0.259. The zero-order valence-corrected chi connectivity index (χ0v) is 10.2. The second kappa shape index (κ2) is 5.31. The number of aromatic nitrogens is 3. The molecule has 0 saturated carbocycles. The van der Waals surface area contributed by atoms with Gasteiger partial charge in [0.2, 0.25) is 0 Å². The molecule has 0 radical (unpaired) electrons. The number of aryl methyl sites for hydroxylation is 1. The van der Waals surface area contributed by atoms with Gasteiger partial charge in [-0.1, -0.05) is 0 Å². The van der Waals surface area contributed by atoms with Crippen molar-refractivity contribution in [3.05, 3.63) is 35.9 Å². The van der Waals surface area contributed by atoms with Gasteiger partial charge >= 0.3 is 0 Å². The summed E-state index contributed by atoms with van der Waals surface area (Å²) in [4.78, 5) is 14.8. The Morgan fingerprint density at radius 1 is 1.39 bits per heavy atom. The number of hydrogen-bond acceptors (Lipinski definition) is 5. The fraction of sp³-hybridized carbons (Fsp3) is 0.250. The van der Waals surface area contributed by atoms with Crippen molar-refractivity contribution >= 4 is 6.29 Å². The molecule has 0 saturated heterocycles. The van der Waals surface area contributed by atoms with Crippen LogP contribution in [-0.2, 0) is 13.7 Å². The monoisotopic (exact) mass is 247 g/mol. The van der Waals surface area contributed by atoms with Gasteiger partial charge in [-0.2, -0.15) is 5.10 Å². The molecule has 1 aromatic carbocycles. The standard InChI is InChI=1S/C12H13N3O3/c1-15-12(13-8-14-15)7-18-11-5-9(6-16)3-4-10(11)17-2/h3-6,8H,7H2,1-2H3. The van der Waals surface area contributed by atoms with E-state index in [1.54, 1.807) is 37.0 Å². The molecule has 6 nitrogen and oxygen atoms in total. The fourth-order valence-corrected chi connectivity index (χ4v) is 1.47. The normalized spacial score (nSPS) is 10.1. The molecule has 0 amide bonds. The number of rotatable bonds is 5. The molecule has 0 unspecified atom stereocenters. The van der Waals surface area contributed by atoms with Gasteiger partial charge in [0.15, 0.2) is 17.3 Å². The zero-order chi connectivity index (χ0) is 13.0. The number of benzene rings is 1. The van der Waals surface area contributed by atoms with Crippen LogP contribution in [0.1, 0.15) is 16.2 Å². The van der Waals surface area contributed by atoms with E-state index in [1.165, 1.54) is 6.33 Å². The first-order chi connectivity index (χ1) is 8.74. The predicted octanol–water partition coefficient (Wildman–Crippen LogP) is 1.22. The minimum absolute atomic E-state index is 0.259. The highest BCUT2D eigenvalue weighted by Crippen LogP contribution is 2.28. The highest BCUT2D eigenvalue weighted by Gasteiger charge is 2.08. The Kier molecular flexibility index (Phi) is 3.57. The lowest BCUT2D eigenvalue weighted by Crippen LogP contribution is -2.05. The molecule has 2 rings (SSSR count). The van der Waals surface area contributed by atoms with E-state index in [-0.39, 0.29) is 6.61 Å². The molecule has 18 heavy (non-hydrogen) atoms. The van der Waals surface area contributed by atoms with Crippen LogP contribution in [0.4, 0.5) is 0 Å². The summed E-state index contributed by atoms with van der Waals surface area (Å²) in [6.45, 7) is 0.259. The summed E-state index contributed by atoms with van der Waals surface area (Å²) in [5, 5.41) is 3.94. The Hall–Kier alpha value is -2.37. The van der Waals surface area contributed by atoms with Gasteiger partial charge in [0.25, 0.3) is 0 Å². The van der Waals surface area contributed by atoms with Gasteiger partial charge in [0.05, 0.1) is 7.11 Å². The largest absolute Gasteiger partial charge is 0.493 e. The molecule has 0 bridgehead atoms. The maximum atomic E-state index is 10.7. The average molecular weight is 247 g/mol. The summed E-state index contributed by atoms with van der Waals surface area (Å²) in [6.07, 6.45) is 2.21. The molecule has 1 heterocycles. The lowest BCUT2D eigenvalue weighted by molar-refractivity contribution is 0.112. The smallest absolute Gasteiger partial charge is 0.164 e. The number of aldehydes is 1. The Balaban J connectivity index is 2.17. The Morgan fingerprint density at radius 2 is 2.22 bits per heavy atom. The third-order valence-electron chi connectivity index (χ3n) is 2.49. The average Bonchev–Trinajstić information content (AvgIpc) is 2.81. The van der Waals surface area contributed by atoms with Crippen molar-refractivity contribution in [1.82, 2.24) is 14.8 Å². The van der Waals surface area contributed by atoms with Crippen molar-refractivity contribution in [3.63, 3.8) is 0 Å². The minimum Gasteiger partial charge on any atom is -0.493 e. The first kappa shape index (κ1) is 12.1. The van der Waals surface area contributed by atoms with Crippen molar-refractivity contribution < 1.29 is 14.3 Å². The van der Waals surface area contributed by atoms with E-state index in [4.69, 9.17) is 9.47 Å². The third-order valence-corrected chi connectivity index (χ3v) is 2.49. The number of carbonyl (C=O) groups is 1. The second-order valence-corrected chi connectivity index (χ2v) is 3.62. The first-order valence-corrected chi connectivity index (χ1v) is 5.33. The molecular weight excluding hydrogens is 234 g/mol. The molecule has 0 spiro atoms. The van der Waals surface area contributed by atoms with E-state index in [9.17, 15) is 4.79 Å². The van der Waals surface area contributed by atoms with Crippen LogP contribution in [0.3, 0.4) is 0 Å². The molecule has 94 valence electrons. The molecule has 6 heteroatoms. The van der Waals surface area contributed by atoms with Crippen molar-refractivity contribution in [2.75, 3.05) is 7.11 Å². The highest BCUT2D eigenvalue weighted by molar-refractivity contribution is 5.76. The van der Waals surface area contributed by atoms with Gasteiger partial charge in [-0.25, -0.2) is 4.98 Å². The van der Waals surface area contributed by atoms with Crippen LogP contribution in [0, 0.1) is 0 Å². The number of methoxy groups -OCH3 is 1. The van der Waals surface area contributed by atoms with Crippen LogP contribution >= 0.6 is 0 Å². The lowest BCUT2D eigenvalue weighted by Gasteiger charge is -2.10. The molecule has 0 aliphatic carbocycles. The second-order valence-electron chi connectivity index (χ2n) is 3.62. The molecule has 0 N–H and O–H groups in total. The summed E-state index contributed by atoms with van der Waals surface area (Å²) < 4.78 is 12.4. The van der Waals surface area contributed by atoms with E-state index in [0.29, 0.717) is 22.9 Å². The van der Waals surface area contributed by atoms with Gasteiger partial charge in [0, 0.05) is 12.6 Å². The van der Waals surface area contributed by atoms with E-state index in [2.05, 4.69) is 10.1 Å². The maximum absolute atomic E-state index is 10.7. The lowest BCUT2D eigenvalue weighted by atomic mass is 10.2. The Labute approximate surface area is 104 Å². The number of nitrogens with zero attached hydrogens (tertiary/aromatic N) is 3. The summed E-state index contributed by atoms with van der Waals surface area (Å²) in [5.74, 6) is 1.77. The van der Waals surface area contributed by atoms with Crippen molar-refractivity contribution in [3.8, 4) is 11.5 Å². The van der Waals surface area contributed by atoms with Gasteiger partial charge in [-0.05, 0) is 18.2 Å². The van der Waals surface area contributed by atoms with Crippen molar-refractivity contribution in [1.29, 1.82) is 0 Å². The van der Waals surface area contributed by atoms with Crippen LogP contribution in [0.5, 0.6) is 11.5 Å². The summed E-state index contributed by atoms with van der Waals surface area (Å²) >= 11 is 0. The maximum Gasteiger partial charge on any atom is 0.164 e. The molecule has 1 aromatic heterocycles. The van der Waals surface area contributed by atoms with Gasteiger partial charge in [-0.3, -0.25) is 9.48 Å². The topological polar surface area (TPSA) is 66.2 Å². The van der Waals surface area contributed by atoms with E-state index in [0.717, 1.165) is 6.29 Å². The van der Waals surface area contributed by atoms with Crippen LogP contribution in [0.15, 0.2) is 24.5 Å². The summed E-state index contributed by atoms with van der Waals surface area (Å²) in [7, 11) is 3.33. The fourth-order valence-electron chi connectivity index (χ4n) is 1.47. The zero-order valence-electron chi connectivity index (χ0n) is 10.2. The first-order valence-electron chi connectivity index (χ1n) is 5.33. The molecule has 0 aliphatic rings. The van der Waals surface area contributed by atoms with Crippen molar-refractivity contribution in [2.24, 2.45) is 7.05 Å². The number of carbonyl (C=O) groups excluding carboxylic acids is 1. The number of ether oxygens (including phenoxy) is 2. The quantitative estimate of drug-likeness (QED) is 0.743. The molecule has 0 aliphatic heterocycles. The van der Waals surface area contributed by atoms with Gasteiger partial charge in [-0.15, -0.1) is 0 Å². The van der Waals surface area contributed by atoms with E-state index >= 15 is 0 Å². The Morgan fingerprint density at radius 3 is 2.83 bits per heavy atom. The number of hydrogen-bond donors (Lipinski definition) is 0. The summed E-state index contributed by atoms with van der Waals surface area (Å²) in [6, 6.07) is 4.99. The van der Waals surface area contributed by atoms with Gasteiger partial charge < -0.3 is 9.47 Å². The molecule has 0 fully saturated rings. The predicted molar refractivity (Wildman–Crippen MR) is 63.7 cm³/mol. The van der Waals surface area contributed by atoms with Crippen molar-refractivity contribution in [2.45, 2.75) is 6.61 Å². The Bertz CT molecular complexity index is 551. The van der Waals surface area contributed by atoms with Crippen LogP contribution < -0.4 is 9.47 Å². The molecular formula is C12H13N3O3. The van der Waals surface area contributed by atoms with E-state index < -0.39 is 0 Å². The highest BCUT2D eigenvalue weighted by atomic mass is 16.5. The van der Waals surface area contributed by atoms with E-state index in [1.807, 2.05) is 0 Å². The van der Waals surface area contributed by atoms with Gasteiger partial charge in [0.1, 0.15) is 19.2 Å². The third kappa shape index (κ3) is 2.48. The van der Waals surface area contributed by atoms with Crippen LogP contribution in [0.2, 0.25) is 0 Å².